The zero-order chi connectivity index (χ0) is 47.9. The fraction of sp³-hybridized carbons (Fsp3) is 0.933. The van der Waals surface area contributed by atoms with Gasteiger partial charge in [-0.1, -0.05) is 283 Å². The van der Waals surface area contributed by atoms with E-state index in [1.54, 1.807) is 0 Å². The van der Waals surface area contributed by atoms with Crippen LogP contribution >= 0.6 is 0 Å². The third-order valence-corrected chi connectivity index (χ3v) is 14.1. The SMILES string of the molecule is CCCCCCCCCCCCCCCCCCCCC(O)C(CO)NC(=O)CCCCCCCCC/C=C\CCCCCCCCCCCOC(=O)CCCCCCCCCCCCC. The van der Waals surface area contributed by atoms with Gasteiger partial charge >= 0.3 is 5.97 Å². The minimum atomic E-state index is -0.669. The standard InChI is InChI=1S/C60H117NO5/c1-3-5-7-9-11-13-15-16-17-18-23-26-29-33-36-40-44-48-52-58(63)57(56-62)61-59(64)53-49-45-41-37-34-30-27-24-21-19-20-22-25-28-31-35-39-43-47-51-55-66-60(65)54-50-46-42-38-32-14-12-10-8-6-4-2/h19,21,57-58,62-63H,3-18,20,22-56H2,1-2H3,(H,61,64)/b21-19-. The number of carbonyl (C=O) groups excluding carboxylic acids is 2. The van der Waals surface area contributed by atoms with E-state index < -0.39 is 12.1 Å². The van der Waals surface area contributed by atoms with Gasteiger partial charge in [0.05, 0.1) is 25.4 Å². The van der Waals surface area contributed by atoms with Crippen LogP contribution in [0.3, 0.4) is 0 Å². The Hall–Kier alpha value is -1.40. The number of hydrogen-bond acceptors (Lipinski definition) is 5. The van der Waals surface area contributed by atoms with Crippen molar-refractivity contribution in [1.82, 2.24) is 5.32 Å². The number of aliphatic hydroxyl groups excluding tert-OH is 2. The van der Waals surface area contributed by atoms with Crippen LogP contribution in [0.25, 0.3) is 0 Å². The molecule has 0 bridgehead atoms. The van der Waals surface area contributed by atoms with Gasteiger partial charge in [0.25, 0.3) is 0 Å². The molecule has 0 fully saturated rings. The molecule has 0 aliphatic heterocycles. The van der Waals surface area contributed by atoms with Gasteiger partial charge in [-0.05, 0) is 51.4 Å². The number of amides is 1. The number of nitrogens with one attached hydrogen (secondary N) is 1. The first-order valence-corrected chi connectivity index (χ1v) is 29.9. The van der Waals surface area contributed by atoms with E-state index in [0.717, 1.165) is 38.5 Å². The van der Waals surface area contributed by atoms with Gasteiger partial charge in [-0.25, -0.2) is 0 Å². The Morgan fingerprint density at radius 1 is 0.409 bits per heavy atom. The number of ether oxygens (including phenoxy) is 1. The summed E-state index contributed by atoms with van der Waals surface area (Å²) in [5.74, 6) is -0.0340. The molecule has 0 aromatic carbocycles. The molecule has 2 atom stereocenters. The summed E-state index contributed by atoms with van der Waals surface area (Å²) in [5, 5.41) is 23.3. The van der Waals surface area contributed by atoms with Gasteiger partial charge in [0.1, 0.15) is 0 Å². The Balaban J connectivity index is 3.43. The zero-order valence-corrected chi connectivity index (χ0v) is 44.7. The summed E-state index contributed by atoms with van der Waals surface area (Å²) in [6, 6.07) is -0.547. The molecule has 0 rings (SSSR count). The van der Waals surface area contributed by atoms with Gasteiger partial charge in [-0.2, -0.15) is 0 Å². The van der Waals surface area contributed by atoms with E-state index in [1.165, 1.54) is 263 Å². The van der Waals surface area contributed by atoms with Crippen molar-refractivity contribution in [2.45, 2.75) is 347 Å². The van der Waals surface area contributed by atoms with Crippen molar-refractivity contribution in [3.63, 3.8) is 0 Å². The highest BCUT2D eigenvalue weighted by atomic mass is 16.5. The smallest absolute Gasteiger partial charge is 0.305 e. The molecule has 0 aromatic rings. The van der Waals surface area contributed by atoms with E-state index in [2.05, 4.69) is 31.3 Å². The lowest BCUT2D eigenvalue weighted by molar-refractivity contribution is -0.143. The molecule has 0 aliphatic carbocycles. The Kier molecular flexibility index (Phi) is 55.0. The van der Waals surface area contributed by atoms with E-state index in [1.807, 2.05) is 0 Å². The molecule has 66 heavy (non-hydrogen) atoms. The number of rotatable bonds is 56. The number of carbonyl (C=O) groups is 2. The quantitative estimate of drug-likeness (QED) is 0.0321. The molecule has 6 heteroatoms. The molecule has 6 nitrogen and oxygen atoms in total. The van der Waals surface area contributed by atoms with Gasteiger partial charge in [0.15, 0.2) is 0 Å². The third kappa shape index (κ3) is 52.0. The average Bonchev–Trinajstić information content (AvgIpc) is 3.32. The largest absolute Gasteiger partial charge is 0.466 e. The molecule has 392 valence electrons. The van der Waals surface area contributed by atoms with Gasteiger partial charge in [-0.3, -0.25) is 9.59 Å². The van der Waals surface area contributed by atoms with Crippen LogP contribution in [-0.2, 0) is 14.3 Å². The number of unbranched alkanes of at least 4 members (excludes halogenated alkanes) is 43. The first kappa shape index (κ1) is 64.6. The van der Waals surface area contributed by atoms with Crippen LogP contribution in [0, 0.1) is 0 Å². The van der Waals surface area contributed by atoms with Gasteiger partial charge < -0.3 is 20.3 Å². The Morgan fingerprint density at radius 3 is 1.08 bits per heavy atom. The first-order chi connectivity index (χ1) is 32.5. The topological polar surface area (TPSA) is 95.9 Å². The van der Waals surface area contributed by atoms with Crippen LogP contribution < -0.4 is 5.32 Å². The van der Waals surface area contributed by atoms with Crippen molar-refractivity contribution in [2.24, 2.45) is 0 Å². The summed E-state index contributed by atoms with van der Waals surface area (Å²) < 4.78 is 5.46. The first-order valence-electron chi connectivity index (χ1n) is 29.9. The maximum Gasteiger partial charge on any atom is 0.305 e. The van der Waals surface area contributed by atoms with Crippen LogP contribution in [0.2, 0.25) is 0 Å². The zero-order valence-electron chi connectivity index (χ0n) is 44.7. The fourth-order valence-corrected chi connectivity index (χ4v) is 9.46. The molecule has 0 radical (unpaired) electrons. The predicted molar refractivity (Wildman–Crippen MR) is 287 cm³/mol. The third-order valence-electron chi connectivity index (χ3n) is 14.1. The number of allylic oxidation sites excluding steroid dienone is 2. The van der Waals surface area contributed by atoms with Gasteiger partial charge in [-0.15, -0.1) is 0 Å². The number of esters is 1. The summed E-state index contributed by atoms with van der Waals surface area (Å²) in [7, 11) is 0. The molecule has 2 unspecified atom stereocenters. The molecule has 0 spiro atoms. The molecule has 0 aliphatic rings. The molecule has 3 N–H and O–H groups in total. The van der Waals surface area contributed by atoms with Gasteiger partial charge in [0, 0.05) is 12.8 Å². The van der Waals surface area contributed by atoms with Crippen molar-refractivity contribution in [2.75, 3.05) is 13.2 Å². The number of aliphatic hydroxyl groups is 2. The second-order valence-corrected chi connectivity index (χ2v) is 20.7. The van der Waals surface area contributed by atoms with E-state index in [0.29, 0.717) is 25.9 Å². The van der Waals surface area contributed by atoms with Crippen LogP contribution in [0.1, 0.15) is 335 Å². The normalized spacial score (nSPS) is 12.6. The van der Waals surface area contributed by atoms with Crippen molar-refractivity contribution in [1.29, 1.82) is 0 Å². The molecule has 0 aromatic heterocycles. The second-order valence-electron chi connectivity index (χ2n) is 20.7. The van der Waals surface area contributed by atoms with Crippen LogP contribution in [-0.4, -0.2) is 47.4 Å². The molecular formula is C60H117NO5. The molecule has 0 saturated carbocycles. The van der Waals surface area contributed by atoms with E-state index >= 15 is 0 Å². The summed E-state index contributed by atoms with van der Waals surface area (Å²) in [6.07, 6.45) is 66.4. The van der Waals surface area contributed by atoms with E-state index in [-0.39, 0.29) is 18.5 Å². The second kappa shape index (κ2) is 56.2. The molecule has 0 saturated heterocycles. The summed E-state index contributed by atoms with van der Waals surface area (Å²) >= 11 is 0. The highest BCUT2D eigenvalue weighted by molar-refractivity contribution is 5.76. The maximum absolute atomic E-state index is 12.5. The Morgan fingerprint density at radius 2 is 0.712 bits per heavy atom. The Labute approximate surface area is 412 Å². The highest BCUT2D eigenvalue weighted by Crippen LogP contribution is 2.18. The summed E-state index contributed by atoms with van der Waals surface area (Å²) in [5.41, 5.74) is 0. The van der Waals surface area contributed by atoms with Crippen molar-refractivity contribution in [3.05, 3.63) is 12.2 Å². The van der Waals surface area contributed by atoms with Crippen molar-refractivity contribution >= 4 is 11.9 Å². The van der Waals surface area contributed by atoms with Crippen LogP contribution in [0.5, 0.6) is 0 Å². The molecular weight excluding hydrogens is 815 g/mol. The monoisotopic (exact) mass is 932 g/mol. The average molecular weight is 933 g/mol. The summed E-state index contributed by atoms with van der Waals surface area (Å²) in [6.45, 7) is 4.96. The predicted octanol–water partition coefficient (Wildman–Crippen LogP) is 18.5. The van der Waals surface area contributed by atoms with Crippen LogP contribution in [0.4, 0.5) is 0 Å². The van der Waals surface area contributed by atoms with E-state index in [9.17, 15) is 19.8 Å². The minimum Gasteiger partial charge on any atom is -0.466 e. The minimum absolute atomic E-state index is 0.00656. The van der Waals surface area contributed by atoms with Crippen molar-refractivity contribution < 1.29 is 24.5 Å². The van der Waals surface area contributed by atoms with Gasteiger partial charge in [0.2, 0.25) is 5.91 Å². The lowest BCUT2D eigenvalue weighted by Crippen LogP contribution is -2.45. The fourth-order valence-electron chi connectivity index (χ4n) is 9.46. The Bertz CT molecular complexity index is 986. The maximum atomic E-state index is 12.5. The lowest BCUT2D eigenvalue weighted by Gasteiger charge is -2.22. The molecule has 0 heterocycles. The highest BCUT2D eigenvalue weighted by Gasteiger charge is 2.20. The molecule has 1 amide bonds. The van der Waals surface area contributed by atoms with Crippen LogP contribution in [0.15, 0.2) is 12.2 Å². The van der Waals surface area contributed by atoms with Crippen molar-refractivity contribution in [3.8, 4) is 0 Å². The summed E-state index contributed by atoms with van der Waals surface area (Å²) in [4.78, 5) is 24.5. The lowest BCUT2D eigenvalue weighted by atomic mass is 10.0. The van der Waals surface area contributed by atoms with E-state index in [4.69, 9.17) is 4.74 Å². The number of hydrogen-bond donors (Lipinski definition) is 3.